The molecule has 44 heavy (non-hydrogen) atoms. The standard InChI is InChI=1S/C27H19F8N5O4/c28-18-10-17(20(29)22(31)21(18)30)24(32)44-38-26(42)23-19(12-43-11-14-4-2-1-3-5-14)40(39-37-23)16-8-6-15(7-9-16)25(41)36-13-27(33,34)35/h1-10,24H,11-13H2,(H,36,41)(H,38,42). The molecule has 1 aromatic heterocycles. The Bertz CT molecular complexity index is 1630. The topological polar surface area (TPSA) is 107 Å². The predicted molar refractivity (Wildman–Crippen MR) is 133 cm³/mol. The van der Waals surface area contributed by atoms with Crippen LogP contribution >= 0.6 is 0 Å². The molecule has 0 saturated carbocycles. The van der Waals surface area contributed by atoms with Crippen LogP contribution < -0.4 is 10.8 Å². The SMILES string of the molecule is O=C(NCC(F)(F)F)c1ccc(-n2nnc(C(=O)NOC(F)c3cc(F)c(F)c(F)c3F)c2COCc2ccccc2)cc1. The maximum Gasteiger partial charge on any atom is 0.405 e. The molecule has 2 N–H and O–H groups in total. The number of aromatic nitrogens is 3. The number of hydroxylamine groups is 1. The van der Waals surface area contributed by atoms with E-state index >= 15 is 0 Å². The molecule has 0 radical (unpaired) electrons. The van der Waals surface area contributed by atoms with E-state index in [4.69, 9.17) is 4.74 Å². The van der Waals surface area contributed by atoms with E-state index in [1.54, 1.807) is 41.1 Å². The van der Waals surface area contributed by atoms with Gasteiger partial charge in [-0.15, -0.1) is 5.10 Å². The van der Waals surface area contributed by atoms with Crippen molar-refractivity contribution in [1.29, 1.82) is 0 Å². The molecule has 4 rings (SSSR count). The molecule has 0 bridgehead atoms. The average Bonchev–Trinajstić information content (AvgIpc) is 3.43. The number of nitrogens with zero attached hydrogens (tertiary/aromatic N) is 3. The molecule has 0 saturated heterocycles. The van der Waals surface area contributed by atoms with Crippen LogP contribution in [-0.2, 0) is 22.8 Å². The van der Waals surface area contributed by atoms with E-state index in [1.807, 2.05) is 0 Å². The molecule has 0 aliphatic rings. The third-order valence-electron chi connectivity index (χ3n) is 5.78. The monoisotopic (exact) mass is 629 g/mol. The maximum absolute atomic E-state index is 14.5. The van der Waals surface area contributed by atoms with Crippen molar-refractivity contribution in [2.75, 3.05) is 6.54 Å². The first-order valence-corrected chi connectivity index (χ1v) is 12.3. The first-order valence-electron chi connectivity index (χ1n) is 12.3. The number of amides is 2. The minimum atomic E-state index is -4.62. The summed E-state index contributed by atoms with van der Waals surface area (Å²) in [7, 11) is 0. The normalized spacial score (nSPS) is 12.2. The van der Waals surface area contributed by atoms with Crippen molar-refractivity contribution < 1.29 is 54.3 Å². The minimum Gasteiger partial charge on any atom is -0.370 e. The van der Waals surface area contributed by atoms with Gasteiger partial charge in [-0.25, -0.2) is 37.0 Å². The van der Waals surface area contributed by atoms with Gasteiger partial charge in [-0.2, -0.15) is 13.2 Å². The zero-order chi connectivity index (χ0) is 32.0. The van der Waals surface area contributed by atoms with Gasteiger partial charge in [0.1, 0.15) is 12.2 Å². The molecule has 9 nitrogen and oxygen atoms in total. The zero-order valence-electron chi connectivity index (χ0n) is 22.0. The van der Waals surface area contributed by atoms with Gasteiger partial charge in [0, 0.05) is 5.56 Å². The Kier molecular flexibility index (Phi) is 9.90. The fraction of sp³-hybridized carbons (Fsp3) is 0.185. The highest BCUT2D eigenvalue weighted by Crippen LogP contribution is 2.27. The summed E-state index contributed by atoms with van der Waals surface area (Å²) >= 11 is 0. The highest BCUT2D eigenvalue weighted by atomic mass is 19.4. The molecule has 1 heterocycles. The van der Waals surface area contributed by atoms with Gasteiger partial charge in [-0.1, -0.05) is 35.5 Å². The van der Waals surface area contributed by atoms with Crippen LogP contribution in [0.3, 0.4) is 0 Å². The van der Waals surface area contributed by atoms with Gasteiger partial charge >= 0.3 is 6.18 Å². The number of rotatable bonds is 11. The van der Waals surface area contributed by atoms with E-state index in [2.05, 4.69) is 15.1 Å². The third-order valence-corrected chi connectivity index (χ3v) is 5.78. The van der Waals surface area contributed by atoms with Crippen molar-refractivity contribution in [3.63, 3.8) is 0 Å². The van der Waals surface area contributed by atoms with E-state index in [-0.39, 0.29) is 36.2 Å². The van der Waals surface area contributed by atoms with Gasteiger partial charge < -0.3 is 10.1 Å². The van der Waals surface area contributed by atoms with Crippen LogP contribution in [0, 0.1) is 23.3 Å². The Balaban J connectivity index is 1.54. The minimum absolute atomic E-state index is 0.0107. The molecular weight excluding hydrogens is 610 g/mol. The largest absolute Gasteiger partial charge is 0.405 e. The van der Waals surface area contributed by atoms with Gasteiger partial charge in [0.25, 0.3) is 18.2 Å². The van der Waals surface area contributed by atoms with Crippen LogP contribution in [0.15, 0.2) is 60.7 Å². The van der Waals surface area contributed by atoms with Gasteiger partial charge in [0.2, 0.25) is 0 Å². The first-order chi connectivity index (χ1) is 20.9. The highest BCUT2D eigenvalue weighted by molar-refractivity contribution is 5.94. The van der Waals surface area contributed by atoms with Crippen LogP contribution in [-0.4, -0.2) is 39.5 Å². The molecule has 2 amide bonds. The quantitative estimate of drug-likeness (QED) is 0.103. The number of hydrogen-bond donors (Lipinski definition) is 2. The van der Waals surface area contributed by atoms with Crippen LogP contribution in [0.25, 0.3) is 5.69 Å². The number of alkyl halides is 4. The number of benzene rings is 3. The molecule has 1 unspecified atom stereocenters. The summed E-state index contributed by atoms with van der Waals surface area (Å²) < 4.78 is 113. The second-order valence-corrected chi connectivity index (χ2v) is 8.87. The van der Waals surface area contributed by atoms with Crippen molar-refractivity contribution in [2.45, 2.75) is 25.7 Å². The molecule has 232 valence electrons. The Labute approximate surface area is 242 Å². The van der Waals surface area contributed by atoms with Crippen LogP contribution in [0.5, 0.6) is 0 Å². The number of halogens is 8. The molecule has 0 spiro atoms. The van der Waals surface area contributed by atoms with Gasteiger partial charge in [0.15, 0.2) is 29.0 Å². The lowest BCUT2D eigenvalue weighted by atomic mass is 10.2. The van der Waals surface area contributed by atoms with Crippen LogP contribution in [0.1, 0.15) is 44.0 Å². The van der Waals surface area contributed by atoms with E-state index in [1.165, 1.54) is 24.3 Å². The van der Waals surface area contributed by atoms with Crippen molar-refractivity contribution in [3.05, 3.63) is 112 Å². The molecular formula is C27H19F8N5O4. The number of nitrogens with one attached hydrogen (secondary N) is 2. The number of carbonyl (C=O) groups is 2. The Morgan fingerprint density at radius 2 is 1.57 bits per heavy atom. The van der Waals surface area contributed by atoms with Gasteiger partial charge in [-0.3, -0.25) is 9.59 Å². The average molecular weight is 629 g/mol. The molecule has 0 fully saturated rings. The summed E-state index contributed by atoms with van der Waals surface area (Å²) in [5.74, 6) is -10.7. The van der Waals surface area contributed by atoms with Crippen LogP contribution in [0.2, 0.25) is 0 Å². The Morgan fingerprint density at radius 3 is 2.23 bits per heavy atom. The summed E-state index contributed by atoms with van der Waals surface area (Å²) in [5.41, 5.74) is 0.458. The Hall–Kier alpha value is -4.90. The number of hydrogen-bond acceptors (Lipinski definition) is 6. The van der Waals surface area contributed by atoms with Gasteiger partial charge in [0.05, 0.1) is 24.5 Å². The first kappa shape index (κ1) is 32.0. The van der Waals surface area contributed by atoms with Crippen molar-refractivity contribution in [1.82, 2.24) is 25.8 Å². The smallest absolute Gasteiger partial charge is 0.370 e. The lowest BCUT2D eigenvalue weighted by Gasteiger charge is -2.13. The summed E-state index contributed by atoms with van der Waals surface area (Å²) in [6, 6.07) is 13.7. The highest BCUT2D eigenvalue weighted by Gasteiger charge is 2.29. The van der Waals surface area contributed by atoms with E-state index in [0.717, 1.165) is 10.2 Å². The van der Waals surface area contributed by atoms with Crippen LogP contribution in [0.4, 0.5) is 35.1 Å². The maximum atomic E-state index is 14.5. The summed E-state index contributed by atoms with van der Waals surface area (Å²) in [6.45, 7) is -1.84. The number of ether oxygens (including phenoxy) is 1. The lowest BCUT2D eigenvalue weighted by molar-refractivity contribution is -0.123. The lowest BCUT2D eigenvalue weighted by Crippen LogP contribution is -2.33. The summed E-state index contributed by atoms with van der Waals surface area (Å²) in [4.78, 5) is 29.3. The van der Waals surface area contributed by atoms with Crippen molar-refractivity contribution in [2.24, 2.45) is 0 Å². The van der Waals surface area contributed by atoms with E-state index < -0.39 is 65.4 Å². The third kappa shape index (κ3) is 7.73. The molecule has 3 aromatic carbocycles. The molecule has 17 heteroatoms. The van der Waals surface area contributed by atoms with Crippen molar-refractivity contribution in [3.8, 4) is 5.69 Å². The van der Waals surface area contributed by atoms with E-state index in [0.29, 0.717) is 0 Å². The zero-order valence-corrected chi connectivity index (χ0v) is 22.0. The second kappa shape index (κ2) is 13.6. The summed E-state index contributed by atoms with van der Waals surface area (Å²) in [5, 5.41) is 9.27. The molecule has 4 aromatic rings. The van der Waals surface area contributed by atoms with Gasteiger partial charge in [-0.05, 0) is 35.9 Å². The van der Waals surface area contributed by atoms with E-state index in [9.17, 15) is 44.7 Å². The Morgan fingerprint density at radius 1 is 0.886 bits per heavy atom. The second-order valence-electron chi connectivity index (χ2n) is 8.87. The molecule has 1 atom stereocenters. The summed E-state index contributed by atoms with van der Waals surface area (Å²) in [6.07, 6.45) is -7.60. The molecule has 0 aliphatic carbocycles. The van der Waals surface area contributed by atoms with Crippen molar-refractivity contribution >= 4 is 11.8 Å². The fourth-order valence-corrected chi connectivity index (χ4v) is 3.66. The predicted octanol–water partition coefficient (Wildman–Crippen LogP) is 5.16. The molecule has 0 aliphatic heterocycles. The fourth-order valence-electron chi connectivity index (χ4n) is 3.66. The number of carbonyl (C=O) groups excluding carboxylic acids is 2.